The second kappa shape index (κ2) is 6.13. The number of nitrogen functional groups attached to an aromatic ring is 1. The van der Waals surface area contributed by atoms with Gasteiger partial charge in [-0.3, -0.25) is 0 Å². The maximum absolute atomic E-state index is 11.6. The number of hydrogen-bond acceptors (Lipinski definition) is 4. The predicted octanol–water partition coefficient (Wildman–Crippen LogP) is 2.66. The number of nitrogens with two attached hydrogens (primary N) is 1. The van der Waals surface area contributed by atoms with Gasteiger partial charge in [0.15, 0.2) is 0 Å². The molecule has 0 saturated carbocycles. The number of esters is 1. The largest absolute Gasteiger partial charge is 0.465 e. The summed E-state index contributed by atoms with van der Waals surface area (Å²) in [5, 5.41) is 3.33. The third-order valence-corrected chi connectivity index (χ3v) is 2.79. The van der Waals surface area contributed by atoms with E-state index in [1.165, 1.54) is 7.11 Å². The predicted molar refractivity (Wildman–Crippen MR) is 70.2 cm³/mol. The fraction of sp³-hybridized carbons (Fsp3) is 0.462. The van der Waals surface area contributed by atoms with Gasteiger partial charge in [0, 0.05) is 17.4 Å². The summed E-state index contributed by atoms with van der Waals surface area (Å²) in [6, 6.07) is 5.58. The second-order valence-electron chi connectivity index (χ2n) is 3.95. The van der Waals surface area contributed by atoms with Gasteiger partial charge < -0.3 is 15.8 Å². The van der Waals surface area contributed by atoms with Crippen LogP contribution in [0.1, 0.15) is 37.0 Å². The Hall–Kier alpha value is -1.71. The average Bonchev–Trinajstić information content (AvgIpc) is 2.36. The van der Waals surface area contributed by atoms with Gasteiger partial charge in [-0.15, -0.1) is 0 Å². The summed E-state index contributed by atoms with van der Waals surface area (Å²) in [5.74, 6) is -0.370. The minimum Gasteiger partial charge on any atom is -0.465 e. The van der Waals surface area contributed by atoms with Crippen LogP contribution in [0.5, 0.6) is 0 Å². The lowest BCUT2D eigenvalue weighted by Gasteiger charge is -2.18. The van der Waals surface area contributed by atoms with Crippen LogP contribution in [0.15, 0.2) is 18.2 Å². The first-order chi connectivity index (χ1) is 8.12. The van der Waals surface area contributed by atoms with Gasteiger partial charge in [0.1, 0.15) is 0 Å². The number of ether oxygens (including phenoxy) is 1. The normalized spacial score (nSPS) is 10.4. The summed E-state index contributed by atoms with van der Waals surface area (Å²) >= 11 is 0. The molecule has 17 heavy (non-hydrogen) atoms. The molecule has 0 aliphatic carbocycles. The molecule has 1 aromatic rings. The second-order valence-corrected chi connectivity index (χ2v) is 3.95. The van der Waals surface area contributed by atoms with Gasteiger partial charge in [0.25, 0.3) is 0 Å². The van der Waals surface area contributed by atoms with Crippen molar-refractivity contribution in [2.75, 3.05) is 18.2 Å². The molecule has 0 radical (unpaired) electrons. The molecule has 0 spiro atoms. The molecule has 0 bridgehead atoms. The monoisotopic (exact) mass is 236 g/mol. The maximum atomic E-state index is 11.6. The molecule has 0 amide bonds. The Morgan fingerprint density at radius 3 is 2.59 bits per heavy atom. The lowest BCUT2D eigenvalue weighted by Crippen LogP contribution is -2.19. The maximum Gasteiger partial charge on any atom is 0.340 e. The van der Waals surface area contributed by atoms with Crippen LogP contribution in [0.4, 0.5) is 11.4 Å². The average molecular weight is 236 g/mol. The minimum absolute atomic E-state index is 0.349. The highest BCUT2D eigenvalue weighted by Gasteiger charge is 2.14. The molecule has 0 unspecified atom stereocenters. The van der Waals surface area contributed by atoms with Crippen LogP contribution in [0.3, 0.4) is 0 Å². The van der Waals surface area contributed by atoms with Crippen LogP contribution in [-0.2, 0) is 4.74 Å². The molecule has 0 atom stereocenters. The number of hydrogen-bond donors (Lipinski definition) is 2. The number of nitrogens with one attached hydrogen (secondary N) is 1. The molecular weight excluding hydrogens is 216 g/mol. The lowest BCUT2D eigenvalue weighted by molar-refractivity contribution is 0.0602. The van der Waals surface area contributed by atoms with Crippen LogP contribution in [0.2, 0.25) is 0 Å². The molecule has 0 heterocycles. The topological polar surface area (TPSA) is 64.3 Å². The molecule has 94 valence electrons. The van der Waals surface area contributed by atoms with E-state index in [-0.39, 0.29) is 5.97 Å². The van der Waals surface area contributed by atoms with Gasteiger partial charge in [-0.05, 0) is 31.0 Å². The van der Waals surface area contributed by atoms with Gasteiger partial charge in [0.05, 0.1) is 12.7 Å². The molecule has 4 heteroatoms. The van der Waals surface area contributed by atoms with Gasteiger partial charge in [-0.25, -0.2) is 4.79 Å². The summed E-state index contributed by atoms with van der Waals surface area (Å²) in [5.41, 5.74) is 7.50. The Morgan fingerprint density at radius 2 is 2.06 bits per heavy atom. The number of carbonyl (C=O) groups excluding carboxylic acids is 1. The van der Waals surface area contributed by atoms with Crippen LogP contribution < -0.4 is 11.1 Å². The quantitative estimate of drug-likeness (QED) is 0.609. The van der Waals surface area contributed by atoms with Crippen molar-refractivity contribution in [1.29, 1.82) is 0 Å². The van der Waals surface area contributed by atoms with E-state index in [9.17, 15) is 4.79 Å². The third kappa shape index (κ3) is 3.37. The molecule has 3 N–H and O–H groups in total. The summed E-state index contributed by atoms with van der Waals surface area (Å²) in [6.45, 7) is 4.21. The smallest absolute Gasteiger partial charge is 0.340 e. The molecule has 0 aliphatic heterocycles. The fourth-order valence-corrected chi connectivity index (χ4v) is 1.68. The van der Waals surface area contributed by atoms with Gasteiger partial charge in [0.2, 0.25) is 0 Å². The zero-order valence-corrected chi connectivity index (χ0v) is 10.6. The van der Waals surface area contributed by atoms with E-state index in [4.69, 9.17) is 10.5 Å². The van der Waals surface area contributed by atoms with E-state index in [0.29, 0.717) is 17.3 Å². The van der Waals surface area contributed by atoms with Crippen molar-refractivity contribution in [3.63, 3.8) is 0 Å². The van der Waals surface area contributed by atoms with E-state index in [1.54, 1.807) is 12.1 Å². The van der Waals surface area contributed by atoms with Crippen LogP contribution in [0.25, 0.3) is 0 Å². The molecule has 0 aliphatic rings. The van der Waals surface area contributed by atoms with Gasteiger partial charge in [-0.1, -0.05) is 13.8 Å². The van der Waals surface area contributed by atoms with Crippen molar-refractivity contribution in [3.05, 3.63) is 23.8 Å². The Bertz CT molecular complexity index is 387. The van der Waals surface area contributed by atoms with Crippen molar-refractivity contribution in [2.45, 2.75) is 32.7 Å². The highest BCUT2D eigenvalue weighted by molar-refractivity contribution is 5.96. The van der Waals surface area contributed by atoms with E-state index in [0.717, 1.165) is 18.5 Å². The number of carbonyl (C=O) groups is 1. The number of benzene rings is 1. The number of anilines is 2. The molecule has 1 rings (SSSR count). The van der Waals surface area contributed by atoms with E-state index in [2.05, 4.69) is 19.2 Å². The first-order valence-corrected chi connectivity index (χ1v) is 5.86. The first kappa shape index (κ1) is 13.4. The SMILES string of the molecule is CCC(CC)Nc1ccc(N)cc1C(=O)OC. The lowest BCUT2D eigenvalue weighted by atomic mass is 10.1. The number of rotatable bonds is 5. The van der Waals surface area contributed by atoms with Gasteiger partial charge in [-0.2, -0.15) is 0 Å². The molecule has 0 saturated heterocycles. The zero-order chi connectivity index (χ0) is 12.8. The van der Waals surface area contributed by atoms with Crippen LogP contribution in [0, 0.1) is 0 Å². The summed E-state index contributed by atoms with van der Waals surface area (Å²) in [7, 11) is 1.37. The molecule has 0 aromatic heterocycles. The van der Waals surface area contributed by atoms with Crippen molar-refractivity contribution in [2.24, 2.45) is 0 Å². The molecule has 0 fully saturated rings. The van der Waals surface area contributed by atoms with Crippen LogP contribution >= 0.6 is 0 Å². The van der Waals surface area contributed by atoms with Gasteiger partial charge >= 0.3 is 5.97 Å². The molecule has 4 nitrogen and oxygen atoms in total. The molecule has 1 aromatic carbocycles. The summed E-state index contributed by atoms with van der Waals surface area (Å²) in [6.07, 6.45) is 2.00. The van der Waals surface area contributed by atoms with Crippen molar-refractivity contribution < 1.29 is 9.53 Å². The Labute approximate surface area is 102 Å². The highest BCUT2D eigenvalue weighted by Crippen LogP contribution is 2.21. The summed E-state index contributed by atoms with van der Waals surface area (Å²) in [4.78, 5) is 11.6. The van der Waals surface area contributed by atoms with Crippen molar-refractivity contribution >= 4 is 17.3 Å². The van der Waals surface area contributed by atoms with Crippen molar-refractivity contribution in [1.82, 2.24) is 0 Å². The Morgan fingerprint density at radius 1 is 1.41 bits per heavy atom. The van der Waals surface area contributed by atoms with E-state index < -0.39 is 0 Å². The number of methoxy groups -OCH3 is 1. The fourth-order valence-electron chi connectivity index (χ4n) is 1.68. The van der Waals surface area contributed by atoms with E-state index >= 15 is 0 Å². The standard InChI is InChI=1S/C13H20N2O2/c1-4-10(5-2)15-12-7-6-9(14)8-11(12)13(16)17-3/h6-8,10,15H,4-5,14H2,1-3H3. The Balaban J connectivity index is 3.01. The highest BCUT2D eigenvalue weighted by atomic mass is 16.5. The van der Waals surface area contributed by atoms with Crippen molar-refractivity contribution in [3.8, 4) is 0 Å². The first-order valence-electron chi connectivity index (χ1n) is 5.86. The minimum atomic E-state index is -0.370. The Kier molecular flexibility index (Phi) is 4.82. The third-order valence-electron chi connectivity index (χ3n) is 2.79. The summed E-state index contributed by atoms with van der Waals surface area (Å²) < 4.78 is 4.75. The zero-order valence-electron chi connectivity index (χ0n) is 10.6. The van der Waals surface area contributed by atoms with E-state index in [1.807, 2.05) is 6.07 Å². The molecular formula is C13H20N2O2. The van der Waals surface area contributed by atoms with Crippen LogP contribution in [-0.4, -0.2) is 19.1 Å².